The van der Waals surface area contributed by atoms with Gasteiger partial charge in [-0.15, -0.1) is 0 Å². The van der Waals surface area contributed by atoms with Gasteiger partial charge in [0.05, 0.1) is 28.0 Å². The van der Waals surface area contributed by atoms with E-state index in [1.165, 1.54) is 44.1 Å². The lowest BCUT2D eigenvalue weighted by Crippen LogP contribution is -2.14. The minimum atomic E-state index is -0.0945. The van der Waals surface area contributed by atoms with E-state index >= 15 is 0 Å². The van der Waals surface area contributed by atoms with Gasteiger partial charge in [0.2, 0.25) is 0 Å². The third-order valence-corrected chi connectivity index (χ3v) is 11.2. The Kier molecular flexibility index (Phi) is 6.27. The highest BCUT2D eigenvalue weighted by Gasteiger charge is 2.36. The van der Waals surface area contributed by atoms with Crippen LogP contribution in [-0.2, 0) is 5.41 Å². The first-order valence-corrected chi connectivity index (χ1v) is 18.2. The third kappa shape index (κ3) is 4.42. The third-order valence-electron chi connectivity index (χ3n) is 11.2. The van der Waals surface area contributed by atoms with Crippen molar-refractivity contribution >= 4 is 43.7 Å². The van der Waals surface area contributed by atoms with E-state index in [1.807, 2.05) is 36.4 Å². The summed E-state index contributed by atoms with van der Waals surface area (Å²) < 4.78 is 9.13. The molecule has 0 atom stereocenters. The second kappa shape index (κ2) is 11.1. The van der Waals surface area contributed by atoms with Crippen LogP contribution in [-0.4, -0.2) is 14.5 Å². The first kappa shape index (κ1) is 29.9. The van der Waals surface area contributed by atoms with Gasteiger partial charge in [-0.05, 0) is 70.8 Å². The number of hydrogen-bond donors (Lipinski definition) is 0. The topological polar surface area (TPSA) is 43.9 Å². The van der Waals surface area contributed by atoms with Gasteiger partial charge in [0.25, 0.3) is 0 Å². The summed E-state index contributed by atoms with van der Waals surface area (Å²) in [5, 5.41) is 4.60. The highest BCUT2D eigenvalue weighted by molar-refractivity contribution is 6.13. The van der Waals surface area contributed by atoms with Gasteiger partial charge in [-0.2, -0.15) is 0 Å². The van der Waals surface area contributed by atoms with Crippen LogP contribution in [0.1, 0.15) is 25.0 Å². The summed E-state index contributed by atoms with van der Waals surface area (Å²) in [7, 11) is 0. The molecule has 1 aliphatic carbocycles. The molecule has 0 amide bonds. The molecule has 0 unspecified atom stereocenters. The van der Waals surface area contributed by atoms with Crippen molar-refractivity contribution in [3.05, 3.63) is 175 Å². The average Bonchev–Trinajstić information content (AvgIpc) is 3.82. The molecular formula is C49H33N3O. The highest BCUT2D eigenvalue weighted by atomic mass is 16.3. The number of fused-ring (bicyclic) bond motifs is 9. The average molecular weight is 680 g/mol. The minimum absolute atomic E-state index is 0.0945. The van der Waals surface area contributed by atoms with Crippen molar-refractivity contribution in [1.82, 2.24) is 14.5 Å². The molecule has 1 aliphatic rings. The predicted molar refractivity (Wildman–Crippen MR) is 218 cm³/mol. The van der Waals surface area contributed by atoms with E-state index in [1.54, 1.807) is 0 Å². The molecule has 250 valence electrons. The molecule has 0 N–H and O–H groups in total. The maximum Gasteiger partial charge on any atom is 0.164 e. The molecule has 4 heteroatoms. The lowest BCUT2D eigenvalue weighted by Gasteiger charge is -2.21. The Hall–Kier alpha value is -6.78. The van der Waals surface area contributed by atoms with Gasteiger partial charge in [-0.25, -0.2) is 9.97 Å². The van der Waals surface area contributed by atoms with Crippen molar-refractivity contribution in [2.45, 2.75) is 19.3 Å². The lowest BCUT2D eigenvalue weighted by molar-refractivity contribution is 0.661. The Morgan fingerprint density at radius 2 is 1.13 bits per heavy atom. The summed E-state index contributed by atoms with van der Waals surface area (Å²) >= 11 is 0. The number of para-hydroxylation sites is 2. The molecule has 4 nitrogen and oxygen atoms in total. The quantitative estimate of drug-likeness (QED) is 0.186. The Morgan fingerprint density at radius 1 is 0.472 bits per heavy atom. The minimum Gasteiger partial charge on any atom is -0.455 e. The van der Waals surface area contributed by atoms with Crippen LogP contribution in [0.2, 0.25) is 0 Å². The monoisotopic (exact) mass is 679 g/mol. The molecule has 11 rings (SSSR count). The zero-order chi connectivity index (χ0) is 35.3. The SMILES string of the molecule is CC1(C)c2ccccc2-c2cc3c4ccccc4n(-c4ccc5oc6c(-c7nc(-c8ccccc8)cc(-c8ccccc8)n7)cccc6c5c4)c3cc21. The molecule has 7 aromatic carbocycles. The Bertz CT molecular complexity index is 3020. The van der Waals surface area contributed by atoms with Crippen molar-refractivity contribution in [3.63, 3.8) is 0 Å². The van der Waals surface area contributed by atoms with Gasteiger partial charge in [0.15, 0.2) is 5.82 Å². The zero-order valence-electron chi connectivity index (χ0n) is 29.3. The normalized spacial score (nSPS) is 13.2. The van der Waals surface area contributed by atoms with Crippen LogP contribution in [0.15, 0.2) is 168 Å². The molecule has 3 aromatic heterocycles. The molecule has 0 radical (unpaired) electrons. The van der Waals surface area contributed by atoms with E-state index in [-0.39, 0.29) is 5.41 Å². The van der Waals surface area contributed by atoms with Crippen molar-refractivity contribution in [2.75, 3.05) is 0 Å². The second-order valence-corrected chi connectivity index (χ2v) is 14.6. The smallest absolute Gasteiger partial charge is 0.164 e. The van der Waals surface area contributed by atoms with Gasteiger partial charge in [0.1, 0.15) is 11.2 Å². The fourth-order valence-electron chi connectivity index (χ4n) is 8.62. The summed E-state index contributed by atoms with van der Waals surface area (Å²) in [4.78, 5) is 10.3. The van der Waals surface area contributed by atoms with E-state index < -0.39 is 0 Å². The number of rotatable bonds is 4. The molecule has 3 heterocycles. The molecule has 0 saturated heterocycles. The highest BCUT2D eigenvalue weighted by Crippen LogP contribution is 2.51. The van der Waals surface area contributed by atoms with E-state index in [2.05, 4.69) is 146 Å². The number of benzene rings is 7. The van der Waals surface area contributed by atoms with Crippen LogP contribution in [0.4, 0.5) is 0 Å². The van der Waals surface area contributed by atoms with Crippen LogP contribution in [0.3, 0.4) is 0 Å². The van der Waals surface area contributed by atoms with Crippen molar-refractivity contribution < 1.29 is 4.42 Å². The maximum atomic E-state index is 6.71. The predicted octanol–water partition coefficient (Wildman–Crippen LogP) is 12.8. The molecule has 0 saturated carbocycles. The molecular weight excluding hydrogens is 647 g/mol. The standard InChI is InChI=1S/C49H33N3O/c1-49(2)40-22-11-9-18-33(40)37-27-38-34-19-10-12-23-44(34)52(45(38)28-41(37)49)32-24-25-46-39(26-32)35-20-13-21-36(47(35)53-46)48-50-42(30-14-5-3-6-15-30)29-43(51-48)31-16-7-4-8-17-31/h3-29H,1-2H3. The van der Waals surface area contributed by atoms with Crippen LogP contribution in [0.25, 0.3) is 94.5 Å². The molecule has 53 heavy (non-hydrogen) atoms. The van der Waals surface area contributed by atoms with Crippen LogP contribution in [0, 0.1) is 0 Å². The van der Waals surface area contributed by atoms with Crippen LogP contribution in [0.5, 0.6) is 0 Å². The van der Waals surface area contributed by atoms with Gasteiger partial charge < -0.3 is 8.98 Å². The number of nitrogens with zero attached hydrogens (tertiary/aromatic N) is 3. The first-order valence-electron chi connectivity index (χ1n) is 18.2. The van der Waals surface area contributed by atoms with Gasteiger partial charge in [-0.1, -0.05) is 129 Å². The Morgan fingerprint density at radius 3 is 1.91 bits per heavy atom. The lowest BCUT2D eigenvalue weighted by atomic mass is 9.82. The second-order valence-electron chi connectivity index (χ2n) is 14.6. The summed E-state index contributed by atoms with van der Waals surface area (Å²) in [5.74, 6) is 0.634. The van der Waals surface area contributed by atoms with Crippen molar-refractivity contribution in [2.24, 2.45) is 0 Å². The largest absolute Gasteiger partial charge is 0.455 e. The zero-order valence-corrected chi connectivity index (χ0v) is 29.3. The Labute approximate surface area is 306 Å². The fourth-order valence-corrected chi connectivity index (χ4v) is 8.62. The van der Waals surface area contributed by atoms with E-state index in [0.717, 1.165) is 55.7 Å². The van der Waals surface area contributed by atoms with Gasteiger partial charge in [0, 0.05) is 43.8 Å². The summed E-state index contributed by atoms with van der Waals surface area (Å²) in [6, 6.07) is 58.0. The molecule has 0 fully saturated rings. The molecule has 0 spiro atoms. The fraction of sp³-hybridized carbons (Fsp3) is 0.0612. The maximum absolute atomic E-state index is 6.71. The van der Waals surface area contributed by atoms with Crippen molar-refractivity contribution in [3.8, 4) is 50.7 Å². The van der Waals surface area contributed by atoms with Crippen molar-refractivity contribution in [1.29, 1.82) is 0 Å². The van der Waals surface area contributed by atoms with Gasteiger partial charge in [-0.3, -0.25) is 0 Å². The molecule has 0 bridgehead atoms. The Balaban J connectivity index is 1.12. The van der Waals surface area contributed by atoms with E-state index in [9.17, 15) is 0 Å². The van der Waals surface area contributed by atoms with Crippen LogP contribution >= 0.6 is 0 Å². The van der Waals surface area contributed by atoms with Gasteiger partial charge >= 0.3 is 0 Å². The summed E-state index contributed by atoms with van der Waals surface area (Å²) in [6.07, 6.45) is 0. The number of furan rings is 1. The summed E-state index contributed by atoms with van der Waals surface area (Å²) in [5.41, 5.74) is 15.1. The number of hydrogen-bond acceptors (Lipinski definition) is 3. The first-order chi connectivity index (χ1) is 26.0. The van der Waals surface area contributed by atoms with Crippen LogP contribution < -0.4 is 0 Å². The number of aromatic nitrogens is 3. The van der Waals surface area contributed by atoms with E-state index in [4.69, 9.17) is 14.4 Å². The molecule has 10 aromatic rings. The van der Waals surface area contributed by atoms with E-state index in [0.29, 0.717) is 5.82 Å². The molecule has 0 aliphatic heterocycles. The summed E-state index contributed by atoms with van der Waals surface area (Å²) in [6.45, 7) is 4.69.